The average molecular weight is 394 g/mol. The maximum absolute atomic E-state index is 13.0. The normalized spacial score (nSPS) is 12.0. The summed E-state index contributed by atoms with van der Waals surface area (Å²) in [4.78, 5) is 20.4. The van der Waals surface area contributed by atoms with Gasteiger partial charge in [0, 0.05) is 11.6 Å². The van der Waals surface area contributed by atoms with Gasteiger partial charge in [0.1, 0.15) is 0 Å². The largest absolute Gasteiger partial charge is 0.355 e. The van der Waals surface area contributed by atoms with E-state index in [-0.39, 0.29) is 17.6 Å². The van der Waals surface area contributed by atoms with Crippen molar-refractivity contribution >= 4 is 16.9 Å². The van der Waals surface area contributed by atoms with Crippen LogP contribution in [0.1, 0.15) is 27.7 Å². The summed E-state index contributed by atoms with van der Waals surface area (Å²) in [6, 6.07) is 26.6. The highest BCUT2D eigenvalue weighted by atomic mass is 16.5. The molecule has 2 heterocycles. The van der Waals surface area contributed by atoms with Gasteiger partial charge < -0.3 is 14.8 Å². The number of nitrogens with one attached hydrogen (secondary N) is 2. The first kappa shape index (κ1) is 17.9. The van der Waals surface area contributed by atoms with Crippen LogP contribution in [0.2, 0.25) is 0 Å². The van der Waals surface area contributed by atoms with E-state index in [0.29, 0.717) is 5.76 Å². The van der Waals surface area contributed by atoms with E-state index in [1.165, 1.54) is 0 Å². The molecule has 0 radical (unpaired) electrons. The summed E-state index contributed by atoms with van der Waals surface area (Å²) in [7, 11) is 0. The Morgan fingerprint density at radius 3 is 2.47 bits per heavy atom. The number of benzene rings is 3. The van der Waals surface area contributed by atoms with Crippen LogP contribution in [0.25, 0.3) is 22.4 Å². The lowest BCUT2D eigenvalue weighted by molar-refractivity contribution is 0.0934. The minimum atomic E-state index is -0.344. The van der Waals surface area contributed by atoms with Gasteiger partial charge in [-0.2, -0.15) is 0 Å². The van der Waals surface area contributed by atoms with Gasteiger partial charge in [0.05, 0.1) is 23.4 Å². The van der Waals surface area contributed by atoms with Crippen LogP contribution in [-0.2, 0) is 0 Å². The second-order valence-electron chi connectivity index (χ2n) is 6.94. The SMILES string of the molecule is O=C(NC(c1ccccc1)c1ccc2nc[nH]c2c1)c1cc(-c2ccccc2)on1. The summed E-state index contributed by atoms with van der Waals surface area (Å²) >= 11 is 0. The average Bonchev–Trinajstić information content (AvgIpc) is 3.48. The lowest BCUT2D eigenvalue weighted by Crippen LogP contribution is -2.29. The van der Waals surface area contributed by atoms with Crippen molar-refractivity contribution in [3.8, 4) is 11.3 Å². The van der Waals surface area contributed by atoms with E-state index in [1.807, 2.05) is 78.9 Å². The van der Waals surface area contributed by atoms with Crippen LogP contribution in [0.15, 0.2) is 95.8 Å². The highest BCUT2D eigenvalue weighted by molar-refractivity contribution is 5.93. The number of nitrogens with zero attached hydrogens (tertiary/aromatic N) is 2. The lowest BCUT2D eigenvalue weighted by Gasteiger charge is -2.19. The maximum Gasteiger partial charge on any atom is 0.274 e. The molecule has 5 rings (SSSR count). The Hall–Kier alpha value is -4.19. The van der Waals surface area contributed by atoms with Gasteiger partial charge in [0.15, 0.2) is 11.5 Å². The Morgan fingerprint density at radius 2 is 1.67 bits per heavy atom. The third-order valence-electron chi connectivity index (χ3n) is 4.99. The summed E-state index contributed by atoms with van der Waals surface area (Å²) in [5, 5.41) is 7.06. The molecule has 146 valence electrons. The van der Waals surface area contributed by atoms with Gasteiger partial charge in [-0.1, -0.05) is 71.9 Å². The zero-order valence-corrected chi connectivity index (χ0v) is 15.9. The molecule has 0 saturated heterocycles. The highest BCUT2D eigenvalue weighted by Crippen LogP contribution is 2.26. The summed E-state index contributed by atoms with van der Waals surface area (Å²) in [5.74, 6) is 0.246. The molecule has 6 nitrogen and oxygen atoms in total. The molecule has 0 spiro atoms. The predicted molar refractivity (Wildman–Crippen MR) is 114 cm³/mol. The summed E-state index contributed by atoms with van der Waals surface area (Å²) in [5.41, 5.74) is 4.80. The van der Waals surface area contributed by atoms with Crippen LogP contribution in [0.4, 0.5) is 0 Å². The smallest absolute Gasteiger partial charge is 0.274 e. The first-order valence-corrected chi connectivity index (χ1v) is 9.59. The molecule has 30 heavy (non-hydrogen) atoms. The molecule has 6 heteroatoms. The highest BCUT2D eigenvalue weighted by Gasteiger charge is 2.21. The van der Waals surface area contributed by atoms with Crippen LogP contribution < -0.4 is 5.32 Å². The summed E-state index contributed by atoms with van der Waals surface area (Å²) in [6.07, 6.45) is 1.66. The van der Waals surface area contributed by atoms with Crippen molar-refractivity contribution in [3.05, 3.63) is 108 Å². The van der Waals surface area contributed by atoms with Gasteiger partial charge in [0.25, 0.3) is 5.91 Å². The van der Waals surface area contributed by atoms with Crippen LogP contribution >= 0.6 is 0 Å². The molecular formula is C24H18N4O2. The fraction of sp³-hybridized carbons (Fsp3) is 0.0417. The van der Waals surface area contributed by atoms with Crippen molar-refractivity contribution in [1.82, 2.24) is 20.4 Å². The number of aromatic amines is 1. The number of hydrogen-bond donors (Lipinski definition) is 2. The Labute approximate surface area is 172 Å². The first-order chi connectivity index (χ1) is 14.8. The molecule has 1 amide bonds. The number of H-pyrrole nitrogens is 1. The van der Waals surface area contributed by atoms with E-state index >= 15 is 0 Å². The molecule has 2 N–H and O–H groups in total. The molecule has 0 fully saturated rings. The molecule has 1 atom stereocenters. The monoisotopic (exact) mass is 394 g/mol. The van der Waals surface area contributed by atoms with Crippen molar-refractivity contribution in [3.63, 3.8) is 0 Å². The molecule has 0 aliphatic rings. The van der Waals surface area contributed by atoms with Crippen LogP contribution in [0, 0.1) is 0 Å². The molecule has 0 aliphatic carbocycles. The molecule has 2 aromatic heterocycles. The minimum Gasteiger partial charge on any atom is -0.355 e. The van der Waals surface area contributed by atoms with Gasteiger partial charge >= 0.3 is 0 Å². The van der Waals surface area contributed by atoms with Gasteiger partial charge in [-0.25, -0.2) is 4.98 Å². The zero-order valence-electron chi connectivity index (χ0n) is 15.9. The quantitative estimate of drug-likeness (QED) is 0.451. The van der Waals surface area contributed by atoms with E-state index in [9.17, 15) is 4.79 Å². The first-order valence-electron chi connectivity index (χ1n) is 9.59. The molecule has 3 aromatic carbocycles. The Morgan fingerprint density at radius 1 is 0.900 bits per heavy atom. The molecule has 1 unspecified atom stereocenters. The number of hydrogen-bond acceptors (Lipinski definition) is 4. The third kappa shape index (κ3) is 3.46. The molecule has 5 aromatic rings. The van der Waals surface area contributed by atoms with Crippen molar-refractivity contribution in [2.24, 2.45) is 0 Å². The summed E-state index contributed by atoms with van der Waals surface area (Å²) in [6.45, 7) is 0. The minimum absolute atomic E-state index is 0.234. The number of imidazole rings is 1. The van der Waals surface area contributed by atoms with E-state index in [4.69, 9.17) is 4.52 Å². The number of aromatic nitrogens is 3. The number of fused-ring (bicyclic) bond motifs is 1. The second-order valence-corrected chi connectivity index (χ2v) is 6.94. The van der Waals surface area contributed by atoms with Crippen molar-refractivity contribution in [1.29, 1.82) is 0 Å². The second kappa shape index (κ2) is 7.67. The van der Waals surface area contributed by atoms with Gasteiger partial charge in [0.2, 0.25) is 0 Å². The van der Waals surface area contributed by atoms with Gasteiger partial charge in [-0.3, -0.25) is 4.79 Å². The molecule has 0 bridgehead atoms. The van der Waals surface area contributed by atoms with Crippen LogP contribution in [-0.4, -0.2) is 21.0 Å². The van der Waals surface area contributed by atoms with Crippen molar-refractivity contribution < 1.29 is 9.32 Å². The maximum atomic E-state index is 13.0. The number of rotatable bonds is 5. The Bertz CT molecular complexity index is 1290. The van der Waals surface area contributed by atoms with Crippen molar-refractivity contribution in [2.75, 3.05) is 0 Å². The van der Waals surface area contributed by atoms with Crippen LogP contribution in [0.5, 0.6) is 0 Å². The standard InChI is InChI=1S/C24H18N4O2/c29-24(21-14-22(30-28-21)16-7-3-1-4-8-16)27-23(17-9-5-2-6-10-17)18-11-12-19-20(13-18)26-15-25-19/h1-15,23H,(H,25,26)(H,27,29). The van der Waals surface area contributed by atoms with E-state index in [2.05, 4.69) is 20.4 Å². The van der Waals surface area contributed by atoms with Gasteiger partial charge in [-0.15, -0.1) is 0 Å². The third-order valence-corrected chi connectivity index (χ3v) is 4.99. The zero-order chi connectivity index (χ0) is 20.3. The fourth-order valence-electron chi connectivity index (χ4n) is 3.46. The molecule has 0 aliphatic heterocycles. The summed E-state index contributed by atoms with van der Waals surface area (Å²) < 4.78 is 5.39. The molecule has 0 saturated carbocycles. The van der Waals surface area contributed by atoms with Gasteiger partial charge in [-0.05, 0) is 23.3 Å². The van der Waals surface area contributed by atoms with Crippen molar-refractivity contribution in [2.45, 2.75) is 6.04 Å². The predicted octanol–water partition coefficient (Wildman–Crippen LogP) is 4.74. The van der Waals surface area contributed by atoms with E-state index < -0.39 is 0 Å². The van der Waals surface area contributed by atoms with Crippen LogP contribution in [0.3, 0.4) is 0 Å². The Balaban J connectivity index is 1.46. The van der Waals surface area contributed by atoms with E-state index in [1.54, 1.807) is 12.4 Å². The number of carbonyl (C=O) groups is 1. The fourth-order valence-corrected chi connectivity index (χ4v) is 3.46. The Kier molecular flexibility index (Phi) is 4.57. The number of carbonyl (C=O) groups excluding carboxylic acids is 1. The lowest BCUT2D eigenvalue weighted by atomic mass is 9.98. The number of amides is 1. The van der Waals surface area contributed by atoms with E-state index in [0.717, 1.165) is 27.7 Å². The molecular weight excluding hydrogens is 376 g/mol. The topological polar surface area (TPSA) is 83.8 Å².